The molecular formula is C11H7NO4. The zero-order valence-electron chi connectivity index (χ0n) is 8.10. The number of carbonyl (C=O) groups is 3. The first kappa shape index (κ1) is 10.1. The van der Waals surface area contributed by atoms with Crippen LogP contribution in [0.3, 0.4) is 0 Å². The molecule has 80 valence electrons. The van der Waals surface area contributed by atoms with E-state index in [1.807, 2.05) is 0 Å². The Kier molecular flexibility index (Phi) is 2.28. The van der Waals surface area contributed by atoms with Crippen LogP contribution in [0.5, 0.6) is 0 Å². The van der Waals surface area contributed by atoms with Gasteiger partial charge in [0.05, 0.1) is 5.57 Å². The van der Waals surface area contributed by atoms with E-state index in [1.165, 1.54) is 0 Å². The smallest absolute Gasteiger partial charge is 0.352 e. The first-order valence-corrected chi connectivity index (χ1v) is 4.47. The molecule has 0 aliphatic carbocycles. The Labute approximate surface area is 90.5 Å². The van der Waals surface area contributed by atoms with E-state index < -0.39 is 23.4 Å². The predicted octanol–water partition coefficient (Wildman–Crippen LogP) is 0.00890. The van der Waals surface area contributed by atoms with E-state index in [-0.39, 0.29) is 5.57 Å². The summed E-state index contributed by atoms with van der Waals surface area (Å²) in [6, 6.07) is 8.29. The van der Waals surface area contributed by atoms with Crippen LogP contribution in [0, 0.1) is 0 Å². The summed E-state index contributed by atoms with van der Waals surface area (Å²) in [5.74, 6) is -2.80. The lowest BCUT2D eigenvalue weighted by Crippen LogP contribution is -2.19. The molecule has 1 aliphatic rings. The van der Waals surface area contributed by atoms with Gasteiger partial charge in [0.2, 0.25) is 0 Å². The first-order chi connectivity index (χ1) is 7.61. The quantitative estimate of drug-likeness (QED) is 0.429. The summed E-state index contributed by atoms with van der Waals surface area (Å²) >= 11 is 0. The monoisotopic (exact) mass is 217 g/mol. The van der Waals surface area contributed by atoms with Crippen LogP contribution in [0.1, 0.15) is 5.56 Å². The zero-order valence-corrected chi connectivity index (χ0v) is 8.10. The van der Waals surface area contributed by atoms with Crippen LogP contribution in [0.15, 0.2) is 35.9 Å². The molecule has 0 saturated heterocycles. The molecule has 1 heterocycles. The number of hydrogen-bond acceptors (Lipinski definition) is 4. The van der Waals surface area contributed by atoms with Gasteiger partial charge in [-0.05, 0) is 5.56 Å². The third-order valence-corrected chi connectivity index (χ3v) is 2.15. The minimum atomic E-state index is -0.989. The molecule has 5 heteroatoms. The SMILES string of the molecule is NC(=O)C1=C(c2ccccc2)C(=O)OC1=O. The Morgan fingerprint density at radius 3 is 2.25 bits per heavy atom. The molecule has 1 aromatic rings. The summed E-state index contributed by atoms with van der Waals surface area (Å²) in [5.41, 5.74) is 5.00. The summed E-state index contributed by atoms with van der Waals surface area (Å²) in [6.07, 6.45) is 0. The van der Waals surface area contributed by atoms with Gasteiger partial charge in [-0.15, -0.1) is 0 Å². The van der Waals surface area contributed by atoms with Crippen LogP contribution >= 0.6 is 0 Å². The Balaban J connectivity index is 2.64. The molecule has 0 unspecified atom stereocenters. The average molecular weight is 217 g/mol. The van der Waals surface area contributed by atoms with Crippen molar-refractivity contribution in [1.29, 1.82) is 0 Å². The van der Waals surface area contributed by atoms with Gasteiger partial charge < -0.3 is 10.5 Å². The van der Waals surface area contributed by atoms with Gasteiger partial charge in [-0.3, -0.25) is 4.79 Å². The summed E-state index contributed by atoms with van der Waals surface area (Å²) in [4.78, 5) is 33.7. The number of benzene rings is 1. The van der Waals surface area contributed by atoms with Crippen molar-refractivity contribution < 1.29 is 19.1 Å². The van der Waals surface area contributed by atoms with Crippen LogP contribution < -0.4 is 5.73 Å². The highest BCUT2D eigenvalue weighted by Gasteiger charge is 2.36. The number of cyclic esters (lactones) is 2. The molecule has 0 bridgehead atoms. The van der Waals surface area contributed by atoms with Gasteiger partial charge in [0.25, 0.3) is 5.91 Å². The van der Waals surface area contributed by atoms with Gasteiger partial charge in [0.1, 0.15) is 5.57 Å². The summed E-state index contributed by atoms with van der Waals surface area (Å²) in [6.45, 7) is 0. The van der Waals surface area contributed by atoms with Gasteiger partial charge in [-0.2, -0.15) is 0 Å². The molecule has 1 aromatic carbocycles. The number of primary amides is 1. The van der Waals surface area contributed by atoms with E-state index >= 15 is 0 Å². The maximum atomic E-state index is 11.4. The van der Waals surface area contributed by atoms with E-state index in [9.17, 15) is 14.4 Å². The molecule has 0 spiro atoms. The average Bonchev–Trinajstić information content (AvgIpc) is 2.55. The number of hydrogen-bond donors (Lipinski definition) is 1. The molecule has 1 amide bonds. The molecule has 0 atom stereocenters. The van der Waals surface area contributed by atoms with Gasteiger partial charge in [0, 0.05) is 0 Å². The third-order valence-electron chi connectivity index (χ3n) is 2.15. The normalized spacial score (nSPS) is 15.2. The number of rotatable bonds is 2. The van der Waals surface area contributed by atoms with Gasteiger partial charge >= 0.3 is 11.9 Å². The van der Waals surface area contributed by atoms with Crippen LogP contribution in [0.4, 0.5) is 0 Å². The van der Waals surface area contributed by atoms with E-state index in [0.717, 1.165) is 0 Å². The Morgan fingerprint density at radius 2 is 1.69 bits per heavy atom. The second-order valence-corrected chi connectivity index (χ2v) is 3.16. The van der Waals surface area contributed by atoms with Crippen molar-refractivity contribution >= 4 is 23.4 Å². The van der Waals surface area contributed by atoms with Crippen molar-refractivity contribution in [3.63, 3.8) is 0 Å². The fourth-order valence-corrected chi connectivity index (χ4v) is 1.48. The van der Waals surface area contributed by atoms with E-state index in [1.54, 1.807) is 30.3 Å². The molecule has 0 aromatic heterocycles. The lowest BCUT2D eigenvalue weighted by atomic mass is 10.0. The summed E-state index contributed by atoms with van der Waals surface area (Å²) in [5, 5.41) is 0. The molecular weight excluding hydrogens is 210 g/mol. The maximum absolute atomic E-state index is 11.4. The molecule has 0 radical (unpaired) electrons. The highest BCUT2D eigenvalue weighted by Crippen LogP contribution is 2.26. The third kappa shape index (κ3) is 1.48. The largest absolute Gasteiger partial charge is 0.385 e. The molecule has 1 aliphatic heterocycles. The molecule has 5 nitrogen and oxygen atoms in total. The van der Waals surface area contributed by atoms with Gasteiger partial charge in [-0.25, -0.2) is 9.59 Å². The highest BCUT2D eigenvalue weighted by molar-refractivity contribution is 6.39. The van der Waals surface area contributed by atoms with Crippen LogP contribution in [-0.4, -0.2) is 17.8 Å². The molecule has 0 saturated carbocycles. The fourth-order valence-electron chi connectivity index (χ4n) is 1.48. The number of esters is 2. The molecule has 0 fully saturated rings. The number of carbonyl (C=O) groups excluding carboxylic acids is 3. The minimum absolute atomic E-state index is 0.0712. The van der Waals surface area contributed by atoms with Crippen molar-refractivity contribution in [2.75, 3.05) is 0 Å². The molecule has 16 heavy (non-hydrogen) atoms. The van der Waals surface area contributed by atoms with Gasteiger partial charge in [0.15, 0.2) is 0 Å². The van der Waals surface area contributed by atoms with Crippen molar-refractivity contribution in [2.45, 2.75) is 0 Å². The Hall–Kier alpha value is -2.43. The van der Waals surface area contributed by atoms with Crippen LogP contribution in [0.2, 0.25) is 0 Å². The summed E-state index contributed by atoms with van der Waals surface area (Å²) < 4.78 is 4.35. The second kappa shape index (κ2) is 3.62. The van der Waals surface area contributed by atoms with Crippen molar-refractivity contribution in [1.82, 2.24) is 0 Å². The zero-order chi connectivity index (χ0) is 11.7. The first-order valence-electron chi connectivity index (χ1n) is 4.47. The molecule has 2 N–H and O–H groups in total. The Morgan fingerprint density at radius 1 is 1.06 bits per heavy atom. The lowest BCUT2D eigenvalue weighted by Gasteiger charge is -1.98. The second-order valence-electron chi connectivity index (χ2n) is 3.16. The standard InChI is InChI=1S/C11H7NO4/c12-9(13)8-7(10(14)16-11(8)15)6-4-2-1-3-5-6/h1-5H,(H2,12,13). The predicted molar refractivity (Wildman–Crippen MR) is 53.7 cm³/mol. The van der Waals surface area contributed by atoms with Crippen molar-refractivity contribution in [3.05, 3.63) is 41.5 Å². The lowest BCUT2D eigenvalue weighted by molar-refractivity contribution is -0.150. The number of nitrogens with two attached hydrogens (primary N) is 1. The van der Waals surface area contributed by atoms with E-state index in [2.05, 4.69) is 4.74 Å². The maximum Gasteiger partial charge on any atom is 0.352 e. The van der Waals surface area contributed by atoms with Crippen molar-refractivity contribution in [3.8, 4) is 0 Å². The highest BCUT2D eigenvalue weighted by atomic mass is 16.6. The van der Waals surface area contributed by atoms with Crippen molar-refractivity contribution in [2.24, 2.45) is 5.73 Å². The molecule has 2 rings (SSSR count). The summed E-state index contributed by atoms with van der Waals surface area (Å²) in [7, 11) is 0. The topological polar surface area (TPSA) is 86.5 Å². The van der Waals surface area contributed by atoms with Crippen LogP contribution in [-0.2, 0) is 19.1 Å². The van der Waals surface area contributed by atoms with E-state index in [4.69, 9.17) is 5.73 Å². The minimum Gasteiger partial charge on any atom is -0.385 e. The number of amides is 1. The van der Waals surface area contributed by atoms with Gasteiger partial charge in [-0.1, -0.05) is 30.3 Å². The number of ether oxygens (including phenoxy) is 1. The Bertz CT molecular complexity index is 516. The van der Waals surface area contributed by atoms with E-state index in [0.29, 0.717) is 5.56 Å². The van der Waals surface area contributed by atoms with Crippen LogP contribution in [0.25, 0.3) is 5.57 Å². The fraction of sp³-hybridized carbons (Fsp3) is 0.